The molecular formula is C12H17F2NO2. The first-order valence-electron chi connectivity index (χ1n) is 5.49. The van der Waals surface area contributed by atoms with Gasteiger partial charge in [-0.25, -0.2) is 8.78 Å². The van der Waals surface area contributed by atoms with E-state index in [0.717, 1.165) is 12.5 Å². The molecule has 3 nitrogen and oxygen atoms in total. The van der Waals surface area contributed by atoms with Crippen molar-refractivity contribution in [3.05, 3.63) is 29.8 Å². The van der Waals surface area contributed by atoms with Gasteiger partial charge in [0.05, 0.1) is 18.9 Å². The van der Waals surface area contributed by atoms with Crippen LogP contribution in [0.25, 0.3) is 0 Å². The van der Waals surface area contributed by atoms with Crippen molar-refractivity contribution >= 4 is 5.69 Å². The molecule has 1 aromatic rings. The molecule has 5 heteroatoms. The van der Waals surface area contributed by atoms with E-state index in [1.165, 1.54) is 12.1 Å². The molecule has 0 saturated heterocycles. The predicted octanol–water partition coefficient (Wildman–Crippen LogP) is 2.43. The Morgan fingerprint density at radius 2 is 2.00 bits per heavy atom. The zero-order chi connectivity index (χ0) is 12.5. The van der Waals surface area contributed by atoms with Crippen LogP contribution in [0.3, 0.4) is 0 Å². The van der Waals surface area contributed by atoms with Crippen LogP contribution in [0.2, 0.25) is 0 Å². The second-order valence-corrected chi connectivity index (χ2v) is 3.51. The van der Waals surface area contributed by atoms with Crippen molar-refractivity contribution in [2.75, 3.05) is 38.8 Å². The standard InChI is InChI=1S/C12H17F2NO2/c1-16-7-8-17-6-2-5-15-12-4-3-10(13)9-11(12)14/h3-4,9,15H,2,5-8H2,1H3. The molecule has 0 spiro atoms. The SMILES string of the molecule is COCCOCCCNc1ccc(F)cc1F. The third-order valence-corrected chi connectivity index (χ3v) is 2.14. The lowest BCUT2D eigenvalue weighted by atomic mass is 10.3. The van der Waals surface area contributed by atoms with E-state index < -0.39 is 11.6 Å². The second-order valence-electron chi connectivity index (χ2n) is 3.51. The summed E-state index contributed by atoms with van der Waals surface area (Å²) in [5.74, 6) is -1.15. The Morgan fingerprint density at radius 1 is 1.18 bits per heavy atom. The topological polar surface area (TPSA) is 30.5 Å². The molecule has 0 fully saturated rings. The largest absolute Gasteiger partial charge is 0.383 e. The van der Waals surface area contributed by atoms with E-state index in [9.17, 15) is 8.78 Å². The molecule has 1 N–H and O–H groups in total. The fourth-order valence-corrected chi connectivity index (χ4v) is 1.27. The summed E-state index contributed by atoms with van der Waals surface area (Å²) < 4.78 is 35.8. The molecule has 0 aliphatic heterocycles. The number of ether oxygens (including phenoxy) is 2. The van der Waals surface area contributed by atoms with Gasteiger partial charge in [-0.2, -0.15) is 0 Å². The van der Waals surface area contributed by atoms with Gasteiger partial charge in [-0.1, -0.05) is 0 Å². The maximum Gasteiger partial charge on any atom is 0.149 e. The summed E-state index contributed by atoms with van der Waals surface area (Å²) in [6.07, 6.45) is 0.751. The third-order valence-electron chi connectivity index (χ3n) is 2.14. The maximum absolute atomic E-state index is 13.2. The highest BCUT2D eigenvalue weighted by molar-refractivity contribution is 5.44. The number of halogens is 2. The predicted molar refractivity (Wildman–Crippen MR) is 62.2 cm³/mol. The fourth-order valence-electron chi connectivity index (χ4n) is 1.27. The average Bonchev–Trinajstić information content (AvgIpc) is 2.30. The van der Waals surface area contributed by atoms with Gasteiger partial charge in [0.1, 0.15) is 11.6 Å². The van der Waals surface area contributed by atoms with Crippen LogP contribution >= 0.6 is 0 Å². The maximum atomic E-state index is 13.2. The first-order chi connectivity index (χ1) is 8.24. The Bertz CT molecular complexity index is 334. The monoisotopic (exact) mass is 245 g/mol. The Balaban J connectivity index is 2.14. The molecule has 17 heavy (non-hydrogen) atoms. The Hall–Kier alpha value is -1.20. The molecule has 0 heterocycles. The lowest BCUT2D eigenvalue weighted by molar-refractivity contribution is 0.0705. The highest BCUT2D eigenvalue weighted by Crippen LogP contribution is 2.14. The summed E-state index contributed by atoms with van der Waals surface area (Å²) in [5, 5.41) is 2.88. The Kier molecular flexibility index (Phi) is 6.50. The summed E-state index contributed by atoms with van der Waals surface area (Å²) >= 11 is 0. The van der Waals surface area contributed by atoms with Crippen LogP contribution in [0, 0.1) is 11.6 Å². The summed E-state index contributed by atoms with van der Waals surface area (Å²) in [6.45, 7) is 2.29. The van der Waals surface area contributed by atoms with Crippen LogP contribution in [-0.4, -0.2) is 33.5 Å². The van der Waals surface area contributed by atoms with E-state index in [1.54, 1.807) is 7.11 Å². The Labute approximate surface area is 99.7 Å². The lowest BCUT2D eigenvalue weighted by Gasteiger charge is -2.07. The zero-order valence-corrected chi connectivity index (χ0v) is 9.84. The van der Waals surface area contributed by atoms with Crippen LogP contribution in [0.5, 0.6) is 0 Å². The molecular weight excluding hydrogens is 228 g/mol. The molecule has 0 bridgehead atoms. The van der Waals surface area contributed by atoms with Gasteiger partial charge in [0, 0.05) is 26.3 Å². The van der Waals surface area contributed by atoms with E-state index in [2.05, 4.69) is 5.32 Å². The van der Waals surface area contributed by atoms with Gasteiger partial charge < -0.3 is 14.8 Å². The van der Waals surface area contributed by atoms with Crippen molar-refractivity contribution in [1.82, 2.24) is 0 Å². The van der Waals surface area contributed by atoms with Gasteiger partial charge in [0.25, 0.3) is 0 Å². The van der Waals surface area contributed by atoms with E-state index in [4.69, 9.17) is 9.47 Å². The molecule has 96 valence electrons. The number of rotatable bonds is 8. The van der Waals surface area contributed by atoms with Crippen LogP contribution in [-0.2, 0) is 9.47 Å². The molecule has 1 rings (SSSR count). The van der Waals surface area contributed by atoms with E-state index in [-0.39, 0.29) is 0 Å². The summed E-state index contributed by atoms with van der Waals surface area (Å²) in [6, 6.07) is 3.47. The fraction of sp³-hybridized carbons (Fsp3) is 0.500. The minimum absolute atomic E-state index is 0.309. The number of anilines is 1. The molecule has 0 saturated carbocycles. The summed E-state index contributed by atoms with van der Waals surface area (Å²) in [4.78, 5) is 0. The summed E-state index contributed by atoms with van der Waals surface area (Å²) in [5.41, 5.74) is 0.309. The number of hydrogen-bond acceptors (Lipinski definition) is 3. The highest BCUT2D eigenvalue weighted by atomic mass is 19.1. The molecule has 0 amide bonds. The van der Waals surface area contributed by atoms with Crippen LogP contribution in [0.1, 0.15) is 6.42 Å². The average molecular weight is 245 g/mol. The number of hydrogen-bond donors (Lipinski definition) is 1. The molecule has 0 atom stereocenters. The first-order valence-corrected chi connectivity index (χ1v) is 5.49. The smallest absolute Gasteiger partial charge is 0.149 e. The van der Waals surface area contributed by atoms with Crippen molar-refractivity contribution < 1.29 is 18.3 Å². The van der Waals surface area contributed by atoms with Gasteiger partial charge in [-0.15, -0.1) is 0 Å². The lowest BCUT2D eigenvalue weighted by Crippen LogP contribution is -2.09. The summed E-state index contributed by atoms with van der Waals surface area (Å²) in [7, 11) is 1.61. The van der Waals surface area contributed by atoms with Gasteiger partial charge in [-0.05, 0) is 18.6 Å². The van der Waals surface area contributed by atoms with Crippen molar-refractivity contribution in [2.24, 2.45) is 0 Å². The van der Waals surface area contributed by atoms with E-state index in [0.29, 0.717) is 32.1 Å². The van der Waals surface area contributed by atoms with Crippen molar-refractivity contribution in [2.45, 2.75) is 6.42 Å². The minimum atomic E-state index is -0.578. The van der Waals surface area contributed by atoms with Gasteiger partial charge in [-0.3, -0.25) is 0 Å². The molecule has 0 radical (unpaired) electrons. The molecule has 0 aliphatic rings. The zero-order valence-electron chi connectivity index (χ0n) is 9.84. The normalized spacial score (nSPS) is 10.5. The third kappa shape index (κ3) is 5.60. The molecule has 0 aromatic heterocycles. The first kappa shape index (κ1) is 13.9. The number of benzene rings is 1. The van der Waals surface area contributed by atoms with Gasteiger partial charge in [0.2, 0.25) is 0 Å². The number of methoxy groups -OCH3 is 1. The second kappa shape index (κ2) is 7.97. The highest BCUT2D eigenvalue weighted by Gasteiger charge is 2.02. The van der Waals surface area contributed by atoms with E-state index >= 15 is 0 Å². The van der Waals surface area contributed by atoms with E-state index in [1.807, 2.05) is 0 Å². The van der Waals surface area contributed by atoms with Crippen molar-refractivity contribution in [3.8, 4) is 0 Å². The van der Waals surface area contributed by atoms with Crippen molar-refractivity contribution in [1.29, 1.82) is 0 Å². The van der Waals surface area contributed by atoms with Crippen LogP contribution in [0.15, 0.2) is 18.2 Å². The molecule has 1 aromatic carbocycles. The minimum Gasteiger partial charge on any atom is -0.383 e. The molecule has 0 unspecified atom stereocenters. The van der Waals surface area contributed by atoms with Crippen LogP contribution < -0.4 is 5.32 Å². The Morgan fingerprint density at radius 3 is 2.71 bits per heavy atom. The molecule has 0 aliphatic carbocycles. The van der Waals surface area contributed by atoms with Crippen molar-refractivity contribution in [3.63, 3.8) is 0 Å². The van der Waals surface area contributed by atoms with Gasteiger partial charge >= 0.3 is 0 Å². The quantitative estimate of drug-likeness (QED) is 0.713. The number of nitrogens with one attached hydrogen (secondary N) is 1. The van der Waals surface area contributed by atoms with Gasteiger partial charge in [0.15, 0.2) is 0 Å². The van der Waals surface area contributed by atoms with Crippen LogP contribution in [0.4, 0.5) is 14.5 Å².